The van der Waals surface area contributed by atoms with Crippen molar-refractivity contribution in [1.29, 1.82) is 0 Å². The van der Waals surface area contributed by atoms with Crippen molar-refractivity contribution >= 4 is 0 Å². The van der Waals surface area contributed by atoms with E-state index < -0.39 is 0 Å². The maximum absolute atomic E-state index is 6.00. The molecule has 0 amide bonds. The molecule has 0 radical (unpaired) electrons. The molecule has 18 heavy (non-hydrogen) atoms. The monoisotopic (exact) mass is 243 g/mol. The largest absolute Gasteiger partial charge is 0.324 e. The van der Waals surface area contributed by atoms with E-state index in [4.69, 9.17) is 5.73 Å². The average Bonchev–Trinajstić information content (AvgIpc) is 2.88. The summed E-state index contributed by atoms with van der Waals surface area (Å²) in [6.07, 6.45) is 2.96. The van der Waals surface area contributed by atoms with Crippen molar-refractivity contribution in [3.8, 4) is 5.69 Å². The molecule has 0 saturated heterocycles. The Morgan fingerprint density at radius 2 is 1.83 bits per heavy atom. The van der Waals surface area contributed by atoms with Gasteiger partial charge in [0.15, 0.2) is 0 Å². The summed E-state index contributed by atoms with van der Waals surface area (Å²) in [6.45, 7) is 6.40. The molecule has 2 N–H and O–H groups in total. The Bertz CT molecular complexity index is 497. The third-order valence-electron chi connectivity index (χ3n) is 3.23. The van der Waals surface area contributed by atoms with Gasteiger partial charge in [0.2, 0.25) is 0 Å². The number of hydrogen-bond acceptors (Lipinski definition) is 2. The molecule has 1 aromatic carbocycles. The van der Waals surface area contributed by atoms with Crippen LogP contribution in [0.4, 0.5) is 0 Å². The van der Waals surface area contributed by atoms with Gasteiger partial charge in [-0.05, 0) is 36.1 Å². The van der Waals surface area contributed by atoms with E-state index in [-0.39, 0.29) is 6.04 Å². The van der Waals surface area contributed by atoms with Gasteiger partial charge in [-0.1, -0.05) is 32.9 Å². The number of nitrogens with two attached hydrogens (primary N) is 1. The molecule has 1 atom stereocenters. The first-order valence-corrected chi connectivity index (χ1v) is 6.53. The molecular weight excluding hydrogens is 222 g/mol. The van der Waals surface area contributed by atoms with Gasteiger partial charge in [-0.25, -0.2) is 4.68 Å². The fourth-order valence-electron chi connectivity index (χ4n) is 1.90. The number of aromatic nitrogens is 2. The van der Waals surface area contributed by atoms with Crippen LogP contribution in [0.15, 0.2) is 36.5 Å². The van der Waals surface area contributed by atoms with Crippen LogP contribution in [0.25, 0.3) is 5.69 Å². The Morgan fingerprint density at radius 3 is 2.33 bits per heavy atom. The molecule has 1 heterocycles. The molecule has 2 aromatic rings. The quantitative estimate of drug-likeness (QED) is 0.894. The summed E-state index contributed by atoms with van der Waals surface area (Å²) >= 11 is 0. The Hall–Kier alpha value is -1.61. The van der Waals surface area contributed by atoms with Crippen molar-refractivity contribution in [2.75, 3.05) is 0 Å². The smallest absolute Gasteiger partial charge is 0.0654 e. The van der Waals surface area contributed by atoms with Gasteiger partial charge < -0.3 is 5.73 Å². The fraction of sp³-hybridized carbons (Fsp3) is 0.400. The van der Waals surface area contributed by atoms with Crippen LogP contribution >= 0.6 is 0 Å². The molecule has 96 valence electrons. The zero-order valence-electron chi connectivity index (χ0n) is 11.3. The Labute approximate surface area is 109 Å². The topological polar surface area (TPSA) is 43.8 Å². The first-order valence-electron chi connectivity index (χ1n) is 6.53. The highest BCUT2D eigenvalue weighted by molar-refractivity contribution is 5.35. The normalized spacial score (nSPS) is 12.9. The molecule has 0 unspecified atom stereocenters. The van der Waals surface area contributed by atoms with E-state index in [1.54, 1.807) is 0 Å². The summed E-state index contributed by atoms with van der Waals surface area (Å²) in [7, 11) is 0. The van der Waals surface area contributed by atoms with Gasteiger partial charge in [0.05, 0.1) is 11.4 Å². The van der Waals surface area contributed by atoms with Crippen LogP contribution < -0.4 is 5.73 Å². The van der Waals surface area contributed by atoms with Crippen molar-refractivity contribution in [2.24, 2.45) is 5.73 Å². The minimum absolute atomic E-state index is 0.128. The molecule has 0 bridgehead atoms. The SMILES string of the molecule is CC[C@@H](N)c1ccc(-n2ccc(C(C)C)n2)cc1. The van der Waals surface area contributed by atoms with Crippen molar-refractivity contribution in [2.45, 2.75) is 39.2 Å². The second kappa shape index (κ2) is 5.36. The zero-order chi connectivity index (χ0) is 13.1. The average molecular weight is 243 g/mol. The van der Waals surface area contributed by atoms with E-state index in [0.717, 1.165) is 17.8 Å². The second-order valence-corrected chi connectivity index (χ2v) is 4.95. The van der Waals surface area contributed by atoms with Crippen LogP contribution in [0.2, 0.25) is 0 Å². The van der Waals surface area contributed by atoms with Gasteiger partial charge in [0.1, 0.15) is 0 Å². The lowest BCUT2D eigenvalue weighted by molar-refractivity contribution is 0.698. The number of hydrogen-bond donors (Lipinski definition) is 1. The van der Waals surface area contributed by atoms with E-state index in [2.05, 4.69) is 56.2 Å². The lowest BCUT2D eigenvalue weighted by atomic mass is 10.1. The van der Waals surface area contributed by atoms with Crippen LogP contribution in [0.3, 0.4) is 0 Å². The summed E-state index contributed by atoms with van der Waals surface area (Å²) in [5.41, 5.74) is 9.38. The highest BCUT2D eigenvalue weighted by atomic mass is 15.3. The summed E-state index contributed by atoms with van der Waals surface area (Å²) in [4.78, 5) is 0. The molecule has 0 fully saturated rings. The number of nitrogens with zero attached hydrogens (tertiary/aromatic N) is 2. The Balaban J connectivity index is 2.23. The Morgan fingerprint density at radius 1 is 1.17 bits per heavy atom. The van der Waals surface area contributed by atoms with E-state index >= 15 is 0 Å². The standard InChI is InChI=1S/C15H21N3/c1-4-14(16)12-5-7-13(8-6-12)18-10-9-15(17-18)11(2)3/h5-11,14H,4,16H2,1-3H3/t14-/m1/s1. The predicted octanol–water partition coefficient (Wildman–Crippen LogP) is 3.41. The van der Waals surface area contributed by atoms with Crippen LogP contribution in [0.1, 0.15) is 50.4 Å². The van der Waals surface area contributed by atoms with Gasteiger partial charge in [-0.15, -0.1) is 0 Å². The molecule has 0 saturated carbocycles. The van der Waals surface area contributed by atoms with E-state index in [9.17, 15) is 0 Å². The highest BCUT2D eigenvalue weighted by Gasteiger charge is 2.06. The van der Waals surface area contributed by atoms with Gasteiger partial charge in [0.25, 0.3) is 0 Å². The molecule has 1 aromatic heterocycles. The molecule has 0 spiro atoms. The third-order valence-corrected chi connectivity index (χ3v) is 3.23. The number of benzene rings is 1. The van der Waals surface area contributed by atoms with Gasteiger partial charge in [-0.2, -0.15) is 5.10 Å². The highest BCUT2D eigenvalue weighted by Crippen LogP contribution is 2.17. The van der Waals surface area contributed by atoms with Crippen molar-refractivity contribution in [3.05, 3.63) is 47.8 Å². The lowest BCUT2D eigenvalue weighted by Gasteiger charge is -2.10. The van der Waals surface area contributed by atoms with Gasteiger partial charge in [-0.3, -0.25) is 0 Å². The zero-order valence-corrected chi connectivity index (χ0v) is 11.3. The van der Waals surface area contributed by atoms with E-state index in [1.165, 1.54) is 5.56 Å². The van der Waals surface area contributed by atoms with Crippen LogP contribution in [0.5, 0.6) is 0 Å². The maximum atomic E-state index is 6.00. The van der Waals surface area contributed by atoms with Crippen molar-refractivity contribution in [1.82, 2.24) is 9.78 Å². The third kappa shape index (κ3) is 2.62. The fourth-order valence-corrected chi connectivity index (χ4v) is 1.90. The molecule has 0 aliphatic rings. The number of rotatable bonds is 4. The van der Waals surface area contributed by atoms with E-state index in [1.807, 2.05) is 10.9 Å². The minimum atomic E-state index is 0.128. The molecule has 0 aliphatic heterocycles. The van der Waals surface area contributed by atoms with Crippen LogP contribution in [-0.4, -0.2) is 9.78 Å². The minimum Gasteiger partial charge on any atom is -0.324 e. The first-order chi connectivity index (χ1) is 8.61. The summed E-state index contributed by atoms with van der Waals surface area (Å²) < 4.78 is 1.91. The van der Waals surface area contributed by atoms with Crippen LogP contribution in [0, 0.1) is 0 Å². The molecule has 2 rings (SSSR count). The van der Waals surface area contributed by atoms with Gasteiger partial charge >= 0.3 is 0 Å². The second-order valence-electron chi connectivity index (χ2n) is 4.95. The maximum Gasteiger partial charge on any atom is 0.0654 e. The lowest BCUT2D eigenvalue weighted by Crippen LogP contribution is -2.08. The van der Waals surface area contributed by atoms with Crippen molar-refractivity contribution < 1.29 is 0 Å². The molecule has 0 aliphatic carbocycles. The predicted molar refractivity (Wildman–Crippen MR) is 74.9 cm³/mol. The first kappa shape index (κ1) is 12.8. The summed E-state index contributed by atoms with van der Waals surface area (Å²) in [5, 5.41) is 4.56. The van der Waals surface area contributed by atoms with E-state index in [0.29, 0.717) is 5.92 Å². The summed E-state index contributed by atoms with van der Waals surface area (Å²) in [6, 6.07) is 10.5. The Kier molecular flexibility index (Phi) is 3.82. The van der Waals surface area contributed by atoms with Gasteiger partial charge in [0, 0.05) is 12.2 Å². The van der Waals surface area contributed by atoms with Crippen molar-refractivity contribution in [3.63, 3.8) is 0 Å². The summed E-state index contributed by atoms with van der Waals surface area (Å²) in [5.74, 6) is 0.457. The van der Waals surface area contributed by atoms with Crippen LogP contribution in [-0.2, 0) is 0 Å². The molecule has 3 heteroatoms. The molecule has 3 nitrogen and oxygen atoms in total. The molecular formula is C15H21N3.